The summed E-state index contributed by atoms with van der Waals surface area (Å²) in [6.45, 7) is 3.51. The molecule has 0 unspecified atom stereocenters. The molecular formula is C17H22N2O2. The van der Waals surface area contributed by atoms with Gasteiger partial charge in [-0.1, -0.05) is 18.2 Å². The highest BCUT2D eigenvalue weighted by molar-refractivity contribution is 5.96. The standard InChI is InChI=1S/C17H22N2O2/c20-16-15(6-5-13-3-1-2-4-14(13)18-16)19-9-10-21-12-17(11-19)7-8-17/h1-4,15H,5-12H2,(H,18,20)/t15-/m0/s1. The summed E-state index contributed by atoms with van der Waals surface area (Å²) in [6, 6.07) is 8.13. The summed E-state index contributed by atoms with van der Waals surface area (Å²) in [7, 11) is 0. The SMILES string of the molecule is O=C1Nc2ccccc2CC[C@@H]1N1CCOCC2(CC2)C1. The van der Waals surface area contributed by atoms with Crippen LogP contribution in [-0.2, 0) is 16.0 Å². The van der Waals surface area contributed by atoms with E-state index in [1.807, 2.05) is 18.2 Å². The van der Waals surface area contributed by atoms with Gasteiger partial charge in [0.1, 0.15) is 0 Å². The van der Waals surface area contributed by atoms with Crippen molar-refractivity contribution < 1.29 is 9.53 Å². The first kappa shape index (κ1) is 13.3. The number of hydrogen-bond acceptors (Lipinski definition) is 3. The third kappa shape index (κ3) is 2.58. The van der Waals surface area contributed by atoms with Gasteiger partial charge < -0.3 is 10.1 Å². The van der Waals surface area contributed by atoms with Gasteiger partial charge in [0.2, 0.25) is 5.91 Å². The Morgan fingerprint density at radius 2 is 2.14 bits per heavy atom. The molecule has 0 radical (unpaired) electrons. The van der Waals surface area contributed by atoms with E-state index in [0.29, 0.717) is 5.41 Å². The highest BCUT2D eigenvalue weighted by Crippen LogP contribution is 2.47. The minimum absolute atomic E-state index is 0.0171. The molecule has 0 bridgehead atoms. The van der Waals surface area contributed by atoms with Crippen molar-refractivity contribution in [3.63, 3.8) is 0 Å². The molecular weight excluding hydrogens is 264 g/mol. The fraction of sp³-hybridized carbons (Fsp3) is 0.588. The lowest BCUT2D eigenvalue weighted by Gasteiger charge is -2.30. The van der Waals surface area contributed by atoms with E-state index in [4.69, 9.17) is 4.74 Å². The summed E-state index contributed by atoms with van der Waals surface area (Å²) in [4.78, 5) is 15.0. The third-order valence-electron chi connectivity index (χ3n) is 5.13. The number of para-hydroxylation sites is 1. The van der Waals surface area contributed by atoms with Crippen LogP contribution >= 0.6 is 0 Å². The largest absolute Gasteiger partial charge is 0.379 e. The number of nitrogens with zero attached hydrogens (tertiary/aromatic N) is 1. The molecule has 3 aliphatic rings. The number of ether oxygens (including phenoxy) is 1. The zero-order chi connectivity index (χ0) is 14.3. The lowest BCUT2D eigenvalue weighted by Crippen LogP contribution is -2.46. The van der Waals surface area contributed by atoms with E-state index in [2.05, 4.69) is 16.3 Å². The predicted molar refractivity (Wildman–Crippen MR) is 81.2 cm³/mol. The number of aryl methyl sites for hydroxylation is 1. The topological polar surface area (TPSA) is 41.6 Å². The molecule has 1 spiro atoms. The first-order valence-electron chi connectivity index (χ1n) is 7.96. The van der Waals surface area contributed by atoms with E-state index in [1.54, 1.807) is 0 Å². The Balaban J connectivity index is 1.54. The normalized spacial score (nSPS) is 28.4. The maximum atomic E-state index is 12.6. The van der Waals surface area contributed by atoms with E-state index in [1.165, 1.54) is 18.4 Å². The van der Waals surface area contributed by atoms with Crippen molar-refractivity contribution in [3.05, 3.63) is 29.8 Å². The number of carbonyl (C=O) groups is 1. The first-order valence-corrected chi connectivity index (χ1v) is 7.96. The zero-order valence-corrected chi connectivity index (χ0v) is 12.3. The van der Waals surface area contributed by atoms with Crippen molar-refractivity contribution in [2.45, 2.75) is 31.7 Å². The van der Waals surface area contributed by atoms with Crippen molar-refractivity contribution in [2.24, 2.45) is 5.41 Å². The van der Waals surface area contributed by atoms with E-state index in [9.17, 15) is 4.79 Å². The number of anilines is 1. The van der Waals surface area contributed by atoms with Gasteiger partial charge >= 0.3 is 0 Å². The predicted octanol–water partition coefficient (Wildman–Crippen LogP) is 2.05. The Kier molecular flexibility index (Phi) is 3.23. The summed E-state index contributed by atoms with van der Waals surface area (Å²) in [5, 5.41) is 3.12. The molecule has 2 aliphatic heterocycles. The van der Waals surface area contributed by atoms with Crippen molar-refractivity contribution >= 4 is 11.6 Å². The molecule has 1 N–H and O–H groups in total. The molecule has 4 nitrogen and oxygen atoms in total. The fourth-order valence-electron chi connectivity index (χ4n) is 3.62. The van der Waals surface area contributed by atoms with Crippen molar-refractivity contribution in [3.8, 4) is 0 Å². The summed E-state index contributed by atoms with van der Waals surface area (Å²) in [6.07, 6.45) is 4.36. The van der Waals surface area contributed by atoms with Crippen LogP contribution in [0.3, 0.4) is 0 Å². The van der Waals surface area contributed by atoms with Gasteiger partial charge in [0.25, 0.3) is 0 Å². The molecule has 21 heavy (non-hydrogen) atoms. The molecule has 2 fully saturated rings. The molecule has 1 aromatic carbocycles. The maximum Gasteiger partial charge on any atom is 0.241 e. The van der Waals surface area contributed by atoms with Gasteiger partial charge in [-0.3, -0.25) is 9.69 Å². The minimum Gasteiger partial charge on any atom is -0.379 e. The number of nitrogens with one attached hydrogen (secondary N) is 1. The highest BCUT2D eigenvalue weighted by Gasteiger charge is 2.47. The van der Waals surface area contributed by atoms with Crippen molar-refractivity contribution in [2.75, 3.05) is 31.6 Å². The van der Waals surface area contributed by atoms with Gasteiger partial charge in [0.15, 0.2) is 0 Å². The van der Waals surface area contributed by atoms with Crippen LogP contribution in [0.25, 0.3) is 0 Å². The van der Waals surface area contributed by atoms with Crippen molar-refractivity contribution in [1.82, 2.24) is 4.90 Å². The van der Waals surface area contributed by atoms with Crippen LogP contribution in [0.5, 0.6) is 0 Å². The average molecular weight is 286 g/mol. The molecule has 2 heterocycles. The van der Waals surface area contributed by atoms with Crippen LogP contribution in [0.15, 0.2) is 24.3 Å². The Labute approximate surface area is 125 Å². The molecule has 1 amide bonds. The summed E-state index contributed by atoms with van der Waals surface area (Å²) in [5.74, 6) is 0.151. The number of fused-ring (bicyclic) bond motifs is 1. The molecule has 1 saturated carbocycles. The monoisotopic (exact) mass is 286 g/mol. The van der Waals surface area contributed by atoms with E-state index >= 15 is 0 Å². The van der Waals surface area contributed by atoms with Gasteiger partial charge in [-0.2, -0.15) is 0 Å². The Morgan fingerprint density at radius 3 is 3.00 bits per heavy atom. The maximum absolute atomic E-state index is 12.6. The number of amides is 1. The Bertz CT molecular complexity index is 553. The van der Waals surface area contributed by atoms with Gasteiger partial charge in [-0.25, -0.2) is 0 Å². The minimum atomic E-state index is -0.0171. The summed E-state index contributed by atoms with van der Waals surface area (Å²) >= 11 is 0. The van der Waals surface area contributed by atoms with Crippen molar-refractivity contribution in [1.29, 1.82) is 0 Å². The fourth-order valence-corrected chi connectivity index (χ4v) is 3.62. The second kappa shape index (κ2) is 5.11. The first-order chi connectivity index (χ1) is 10.3. The van der Waals surface area contributed by atoms with Crippen LogP contribution in [0.4, 0.5) is 5.69 Å². The lowest BCUT2D eigenvalue weighted by molar-refractivity contribution is -0.121. The smallest absolute Gasteiger partial charge is 0.241 e. The zero-order valence-electron chi connectivity index (χ0n) is 12.3. The molecule has 1 saturated heterocycles. The quantitative estimate of drug-likeness (QED) is 0.859. The second-order valence-electron chi connectivity index (χ2n) is 6.72. The number of rotatable bonds is 1. The summed E-state index contributed by atoms with van der Waals surface area (Å²) in [5.41, 5.74) is 2.58. The summed E-state index contributed by atoms with van der Waals surface area (Å²) < 4.78 is 5.75. The lowest BCUT2D eigenvalue weighted by atomic mass is 10.0. The highest BCUT2D eigenvalue weighted by atomic mass is 16.5. The van der Waals surface area contributed by atoms with E-state index < -0.39 is 0 Å². The Hall–Kier alpha value is -1.39. The number of hydrogen-bond donors (Lipinski definition) is 1. The van der Waals surface area contributed by atoms with Gasteiger partial charge in [0, 0.05) is 24.2 Å². The molecule has 112 valence electrons. The van der Waals surface area contributed by atoms with Crippen LogP contribution in [0.2, 0.25) is 0 Å². The number of benzene rings is 1. The molecule has 0 aromatic heterocycles. The average Bonchev–Trinajstić information content (AvgIpc) is 3.28. The van der Waals surface area contributed by atoms with Gasteiger partial charge in [0.05, 0.1) is 19.3 Å². The number of carbonyl (C=O) groups excluding carboxylic acids is 1. The second-order valence-corrected chi connectivity index (χ2v) is 6.72. The van der Waals surface area contributed by atoms with E-state index in [-0.39, 0.29) is 11.9 Å². The molecule has 1 atom stereocenters. The molecule has 1 aromatic rings. The molecule has 4 heteroatoms. The van der Waals surface area contributed by atoms with Crippen LogP contribution in [0, 0.1) is 5.41 Å². The van der Waals surface area contributed by atoms with Crippen LogP contribution in [0.1, 0.15) is 24.8 Å². The van der Waals surface area contributed by atoms with Gasteiger partial charge in [-0.15, -0.1) is 0 Å². The van der Waals surface area contributed by atoms with Crippen LogP contribution in [-0.4, -0.2) is 43.2 Å². The Morgan fingerprint density at radius 1 is 1.29 bits per heavy atom. The van der Waals surface area contributed by atoms with E-state index in [0.717, 1.165) is 44.8 Å². The molecule has 1 aliphatic carbocycles. The molecule has 4 rings (SSSR count). The van der Waals surface area contributed by atoms with Gasteiger partial charge in [-0.05, 0) is 37.3 Å². The third-order valence-corrected chi connectivity index (χ3v) is 5.13. The van der Waals surface area contributed by atoms with Crippen LogP contribution < -0.4 is 5.32 Å².